The van der Waals surface area contributed by atoms with Crippen LogP contribution in [0.15, 0.2) is 267 Å². The first-order valence-electron chi connectivity index (χ1n) is 23.9. The van der Waals surface area contributed by atoms with Gasteiger partial charge in [0, 0.05) is 39.0 Å². The van der Waals surface area contributed by atoms with E-state index in [2.05, 4.69) is 258 Å². The van der Waals surface area contributed by atoms with Crippen LogP contribution in [0.2, 0.25) is 0 Å². The minimum Gasteiger partial charge on any atom is -0.312 e. The molecule has 328 valence electrons. The second kappa shape index (κ2) is 17.3. The molecule has 10 aromatic carbocycles. The van der Waals surface area contributed by atoms with Gasteiger partial charge in [-0.25, -0.2) is 4.98 Å². The van der Waals surface area contributed by atoms with Gasteiger partial charge < -0.3 is 4.90 Å². The number of hydrogen-bond donors (Lipinski definition) is 0. The largest absolute Gasteiger partial charge is 0.312 e. The summed E-state index contributed by atoms with van der Waals surface area (Å²) in [7, 11) is -3.04. The maximum atomic E-state index is 5.39. The Morgan fingerprint density at radius 3 is 1.37 bits per heavy atom. The molecule has 5 nitrogen and oxygen atoms in total. The zero-order chi connectivity index (χ0) is 46.4. The Morgan fingerprint density at radius 1 is 0.343 bits per heavy atom. The summed E-state index contributed by atoms with van der Waals surface area (Å²) < 4.78 is 2.18. The Labute approximate surface area is 408 Å². The van der Waals surface area contributed by atoms with Crippen molar-refractivity contribution in [2.75, 3.05) is 4.90 Å². The first-order valence-corrected chi connectivity index (χ1v) is 25.9. The van der Waals surface area contributed by atoms with Gasteiger partial charge in [-0.1, -0.05) is 236 Å². The minimum atomic E-state index is -3.04. The Balaban J connectivity index is 0.999. The molecule has 1 aliphatic heterocycles. The minimum absolute atomic E-state index is 0.0423. The molecule has 0 bridgehead atoms. The van der Waals surface area contributed by atoms with E-state index in [4.69, 9.17) is 15.0 Å². The summed E-state index contributed by atoms with van der Waals surface area (Å²) in [6.45, 7) is 0.0423. The predicted octanol–water partition coefficient (Wildman–Crippen LogP) is 9.98. The number of hydrogen-bond acceptors (Lipinski definition) is 4. The fourth-order valence-electron chi connectivity index (χ4n) is 11.0. The molecule has 13 rings (SSSR count). The number of nitrogens with zero attached hydrogens (tertiary/aromatic N) is 5. The van der Waals surface area contributed by atoms with E-state index in [9.17, 15) is 0 Å². The van der Waals surface area contributed by atoms with Gasteiger partial charge in [0.25, 0.3) is 0 Å². The van der Waals surface area contributed by atoms with Crippen LogP contribution in [0.1, 0.15) is 0 Å². The summed E-state index contributed by atoms with van der Waals surface area (Å²) in [5.41, 5.74) is 11.3. The lowest BCUT2D eigenvalue weighted by molar-refractivity contribution is 0.953. The molecule has 0 fully saturated rings. The van der Waals surface area contributed by atoms with Crippen LogP contribution in [0.4, 0.5) is 17.1 Å². The average Bonchev–Trinajstić information content (AvgIpc) is 3.78. The first-order chi connectivity index (χ1) is 34.7. The molecule has 0 atom stereocenters. The Hall–Kier alpha value is -8.91. The summed E-state index contributed by atoms with van der Waals surface area (Å²) in [6, 6.07) is 96.6. The lowest BCUT2D eigenvalue weighted by Gasteiger charge is -2.37. The van der Waals surface area contributed by atoms with Gasteiger partial charge >= 0.3 is 0 Å². The highest BCUT2D eigenvalue weighted by atomic mass is 28.3. The zero-order valence-electron chi connectivity index (χ0n) is 38.2. The van der Waals surface area contributed by atoms with E-state index in [1.54, 1.807) is 0 Å². The molecule has 0 saturated carbocycles. The molecule has 0 radical (unpaired) electrons. The van der Waals surface area contributed by atoms with Crippen LogP contribution in [0.3, 0.4) is 0 Å². The van der Waals surface area contributed by atoms with Gasteiger partial charge in [-0.15, -0.1) is 0 Å². The van der Waals surface area contributed by atoms with Crippen LogP contribution in [-0.2, 0) is 0 Å². The van der Waals surface area contributed by atoms with Crippen LogP contribution in [0.5, 0.6) is 0 Å². The SMILES string of the molecule is c1ccc(-c2nc(-c3cccc([Si](c4ccccc4)(c4ccccc4)c4ccc(B5c6ccccc6N(c6ccccc6)c6ccccc65)cc4)c3)nc(-n3c4ccccc4c4ccccc43)n2)cc1. The lowest BCUT2D eigenvalue weighted by Crippen LogP contribution is -2.75. The highest BCUT2D eigenvalue weighted by Gasteiger charge is 2.42. The maximum Gasteiger partial charge on any atom is 0.246 e. The monoisotopic (exact) mass is 909 g/mol. The van der Waals surface area contributed by atoms with Crippen molar-refractivity contribution in [3.63, 3.8) is 0 Å². The summed E-state index contributed by atoms with van der Waals surface area (Å²) in [5, 5.41) is 7.43. The Bertz CT molecular complexity index is 3710. The molecule has 0 spiro atoms. The average molecular weight is 910 g/mol. The summed E-state index contributed by atoms with van der Waals surface area (Å²) >= 11 is 0. The topological polar surface area (TPSA) is 46.8 Å². The third-order valence-corrected chi connectivity index (χ3v) is 18.8. The number of para-hydroxylation sites is 5. The molecule has 0 unspecified atom stereocenters. The van der Waals surface area contributed by atoms with Crippen LogP contribution in [-0.4, -0.2) is 34.3 Å². The highest BCUT2D eigenvalue weighted by Crippen LogP contribution is 2.36. The molecule has 12 aromatic rings. The third-order valence-electron chi connectivity index (χ3n) is 14.1. The van der Waals surface area contributed by atoms with Gasteiger partial charge in [0.1, 0.15) is 0 Å². The van der Waals surface area contributed by atoms with Crippen molar-refractivity contribution in [1.29, 1.82) is 0 Å². The van der Waals surface area contributed by atoms with E-state index >= 15 is 0 Å². The van der Waals surface area contributed by atoms with Crippen molar-refractivity contribution < 1.29 is 0 Å². The molecule has 0 saturated heterocycles. The normalized spacial score (nSPS) is 12.2. The fraction of sp³-hybridized carbons (Fsp3) is 0. The van der Waals surface area contributed by atoms with Gasteiger partial charge in [0.15, 0.2) is 19.7 Å². The molecule has 0 amide bonds. The number of aromatic nitrogens is 4. The lowest BCUT2D eigenvalue weighted by atomic mass is 9.35. The van der Waals surface area contributed by atoms with Crippen LogP contribution < -0.4 is 42.0 Å². The Kier molecular flexibility index (Phi) is 10.2. The quantitative estimate of drug-likeness (QED) is 0.107. The fourth-order valence-corrected chi connectivity index (χ4v) is 15.8. The summed E-state index contributed by atoms with van der Waals surface area (Å²) in [5.74, 6) is 1.82. The van der Waals surface area contributed by atoms with E-state index in [1.807, 2.05) is 18.2 Å². The summed E-state index contributed by atoms with van der Waals surface area (Å²) in [6.07, 6.45) is 0. The predicted molar refractivity (Wildman–Crippen MR) is 294 cm³/mol. The third kappa shape index (κ3) is 6.81. The second-order valence-corrected chi connectivity index (χ2v) is 21.7. The number of benzene rings is 10. The van der Waals surface area contributed by atoms with Crippen molar-refractivity contribution in [3.05, 3.63) is 267 Å². The van der Waals surface area contributed by atoms with Crippen LogP contribution >= 0.6 is 0 Å². The number of fused-ring (bicyclic) bond motifs is 5. The standard InChI is InChI=1S/C63H44BN5Si/c1-5-22-45(23-6-1)61-65-62(67-63(66-61)69-57-36-17-13-32-53(57)54-33-14-18-37-58(54)69)46-24-21-31-52(44-46)70(49-27-9-3-10-28-49,50-29-11-4-12-30-50)51-42-40-47(41-43-51)64-55-34-15-19-38-59(55)68(48-25-7-2-8-26-48)60-39-20-16-35-56(60)64/h1-44H. The van der Waals surface area contributed by atoms with Gasteiger partial charge in [0.2, 0.25) is 12.7 Å². The molecule has 3 heterocycles. The second-order valence-electron chi connectivity index (χ2n) is 17.9. The van der Waals surface area contributed by atoms with Crippen molar-refractivity contribution in [1.82, 2.24) is 19.5 Å². The van der Waals surface area contributed by atoms with Crippen LogP contribution in [0, 0.1) is 0 Å². The molecule has 70 heavy (non-hydrogen) atoms. The smallest absolute Gasteiger partial charge is 0.246 e. The molecule has 0 N–H and O–H groups in total. The molecule has 1 aliphatic rings. The van der Waals surface area contributed by atoms with Crippen molar-refractivity contribution in [3.8, 4) is 28.7 Å². The van der Waals surface area contributed by atoms with E-state index in [-0.39, 0.29) is 6.71 Å². The van der Waals surface area contributed by atoms with Crippen molar-refractivity contribution >= 4 is 90.8 Å². The van der Waals surface area contributed by atoms with Gasteiger partial charge in [-0.3, -0.25) is 4.57 Å². The van der Waals surface area contributed by atoms with Crippen molar-refractivity contribution in [2.45, 2.75) is 0 Å². The van der Waals surface area contributed by atoms with Gasteiger partial charge in [-0.2, -0.15) is 9.97 Å². The number of anilines is 3. The van der Waals surface area contributed by atoms with Gasteiger partial charge in [0.05, 0.1) is 11.0 Å². The van der Waals surface area contributed by atoms with Crippen molar-refractivity contribution in [2.24, 2.45) is 0 Å². The number of rotatable bonds is 9. The first kappa shape index (κ1) is 41.3. The van der Waals surface area contributed by atoms with Gasteiger partial charge in [-0.05, 0) is 68.1 Å². The molecular weight excluding hydrogens is 866 g/mol. The Morgan fingerprint density at radius 2 is 0.786 bits per heavy atom. The summed E-state index contributed by atoms with van der Waals surface area (Å²) in [4.78, 5) is 18.3. The zero-order valence-corrected chi connectivity index (χ0v) is 39.2. The maximum absolute atomic E-state index is 5.39. The molecule has 7 heteroatoms. The molecule has 0 aliphatic carbocycles. The van der Waals surface area contributed by atoms with E-state index in [0.29, 0.717) is 17.6 Å². The van der Waals surface area contributed by atoms with Crippen LogP contribution in [0.25, 0.3) is 50.5 Å². The molecule has 2 aromatic heterocycles. The van der Waals surface area contributed by atoms with E-state index in [1.165, 1.54) is 48.5 Å². The van der Waals surface area contributed by atoms with E-state index in [0.717, 1.165) is 38.6 Å². The van der Waals surface area contributed by atoms with E-state index < -0.39 is 8.07 Å². The highest BCUT2D eigenvalue weighted by molar-refractivity contribution is 7.20. The molecular formula is C63H44BN5Si.